The highest BCUT2D eigenvalue weighted by Gasteiger charge is 2.43. The number of carbonyl (C=O) groups excluding carboxylic acids is 5. The number of nitrogens with one attached hydrogen (secondary N) is 1. The van der Waals surface area contributed by atoms with Gasteiger partial charge in [0.15, 0.2) is 6.10 Å². The fourth-order valence-corrected chi connectivity index (χ4v) is 3.06. The second-order valence-electron chi connectivity index (χ2n) is 5.56. The Bertz CT molecular complexity index is 760. The Balaban J connectivity index is 2.17. The molecule has 0 unspecified atom stereocenters. The molecule has 0 bridgehead atoms. The van der Waals surface area contributed by atoms with Crippen molar-refractivity contribution in [2.45, 2.75) is 19.1 Å². The van der Waals surface area contributed by atoms with Crippen LogP contribution in [0.1, 0.15) is 27.6 Å². The fraction of sp³-hybridized carbons (Fsp3) is 0.353. The largest absolute Gasteiger partial charge is 0.453 e. The molecule has 1 aliphatic heterocycles. The van der Waals surface area contributed by atoms with Gasteiger partial charge in [0.2, 0.25) is 0 Å². The van der Waals surface area contributed by atoms with Crippen molar-refractivity contribution < 1.29 is 33.4 Å². The molecule has 0 aliphatic carbocycles. The van der Waals surface area contributed by atoms with Crippen LogP contribution in [0.5, 0.6) is 0 Å². The molecule has 0 fully saturated rings. The van der Waals surface area contributed by atoms with E-state index < -0.39 is 41.9 Å². The number of amides is 4. The molecular formula is C17H18N2O7S. The van der Waals surface area contributed by atoms with Gasteiger partial charge in [0, 0.05) is 5.75 Å². The van der Waals surface area contributed by atoms with Crippen LogP contribution < -0.4 is 5.32 Å². The highest BCUT2D eigenvalue weighted by molar-refractivity contribution is 7.98. The third kappa shape index (κ3) is 4.27. The number of benzene rings is 1. The van der Waals surface area contributed by atoms with Gasteiger partial charge in [-0.1, -0.05) is 12.1 Å². The van der Waals surface area contributed by atoms with Crippen LogP contribution in [0, 0.1) is 0 Å². The molecule has 0 aromatic heterocycles. The number of esters is 1. The van der Waals surface area contributed by atoms with E-state index in [4.69, 9.17) is 4.74 Å². The first-order valence-corrected chi connectivity index (χ1v) is 9.26. The SMILES string of the molecule is COC(=O)NC(=O)[C@H](C)OC(=O)[C@@H](CSC)N1C(=O)c2ccccc2C1=O. The summed E-state index contributed by atoms with van der Waals surface area (Å²) >= 11 is 1.24. The number of nitrogens with zero attached hydrogens (tertiary/aromatic N) is 1. The summed E-state index contributed by atoms with van der Waals surface area (Å²) in [6, 6.07) is 5.04. The van der Waals surface area contributed by atoms with E-state index in [1.165, 1.54) is 30.8 Å². The second-order valence-corrected chi connectivity index (χ2v) is 6.47. The molecule has 0 saturated heterocycles. The lowest BCUT2D eigenvalue weighted by molar-refractivity contribution is -0.157. The molecule has 27 heavy (non-hydrogen) atoms. The lowest BCUT2D eigenvalue weighted by Crippen LogP contribution is -2.49. The molecule has 1 heterocycles. The Hall–Kier alpha value is -2.88. The van der Waals surface area contributed by atoms with E-state index in [2.05, 4.69) is 4.74 Å². The molecule has 1 aliphatic rings. The van der Waals surface area contributed by atoms with Crippen molar-refractivity contribution in [1.29, 1.82) is 0 Å². The highest BCUT2D eigenvalue weighted by Crippen LogP contribution is 2.26. The predicted molar refractivity (Wildman–Crippen MR) is 95.2 cm³/mol. The summed E-state index contributed by atoms with van der Waals surface area (Å²) < 4.78 is 9.36. The molecule has 0 saturated carbocycles. The number of alkyl carbamates (subject to hydrolysis) is 1. The van der Waals surface area contributed by atoms with Gasteiger partial charge in [0.1, 0.15) is 6.04 Å². The van der Waals surface area contributed by atoms with E-state index in [0.717, 1.165) is 12.0 Å². The van der Waals surface area contributed by atoms with Crippen molar-refractivity contribution >= 4 is 41.5 Å². The molecule has 1 aromatic rings. The van der Waals surface area contributed by atoms with Crippen LogP contribution in [0.3, 0.4) is 0 Å². The van der Waals surface area contributed by atoms with Crippen molar-refractivity contribution in [2.75, 3.05) is 19.1 Å². The third-order valence-electron chi connectivity index (χ3n) is 3.81. The lowest BCUT2D eigenvalue weighted by atomic mass is 10.1. The summed E-state index contributed by atoms with van der Waals surface area (Å²) in [4.78, 5) is 61.4. The monoisotopic (exact) mass is 394 g/mol. The van der Waals surface area contributed by atoms with Gasteiger partial charge in [-0.2, -0.15) is 11.8 Å². The average Bonchev–Trinajstić information content (AvgIpc) is 2.90. The van der Waals surface area contributed by atoms with E-state index in [9.17, 15) is 24.0 Å². The first kappa shape index (κ1) is 20.4. The van der Waals surface area contributed by atoms with E-state index in [0.29, 0.717) is 0 Å². The topological polar surface area (TPSA) is 119 Å². The Morgan fingerprint density at radius 2 is 1.70 bits per heavy atom. The first-order valence-electron chi connectivity index (χ1n) is 7.87. The zero-order valence-corrected chi connectivity index (χ0v) is 15.7. The van der Waals surface area contributed by atoms with Crippen molar-refractivity contribution in [2.24, 2.45) is 0 Å². The zero-order valence-electron chi connectivity index (χ0n) is 14.9. The van der Waals surface area contributed by atoms with Crippen molar-refractivity contribution in [3.05, 3.63) is 35.4 Å². The molecule has 1 aromatic carbocycles. The number of hydrogen-bond donors (Lipinski definition) is 1. The van der Waals surface area contributed by atoms with E-state index >= 15 is 0 Å². The number of ether oxygens (including phenoxy) is 2. The summed E-state index contributed by atoms with van der Waals surface area (Å²) in [5.74, 6) is -2.92. The van der Waals surface area contributed by atoms with Gasteiger partial charge in [0.25, 0.3) is 17.7 Å². The number of carbonyl (C=O) groups is 5. The molecule has 2 atom stereocenters. The van der Waals surface area contributed by atoms with Crippen molar-refractivity contribution in [1.82, 2.24) is 10.2 Å². The van der Waals surface area contributed by atoms with Crippen LogP contribution in [0.15, 0.2) is 24.3 Å². The van der Waals surface area contributed by atoms with Gasteiger partial charge in [-0.3, -0.25) is 24.6 Å². The van der Waals surface area contributed by atoms with Crippen LogP contribution in [0.25, 0.3) is 0 Å². The Labute approximate surface area is 159 Å². The quantitative estimate of drug-likeness (QED) is 0.557. The summed E-state index contributed by atoms with van der Waals surface area (Å²) in [6.45, 7) is 1.26. The zero-order chi connectivity index (χ0) is 20.1. The van der Waals surface area contributed by atoms with Crippen LogP contribution in [-0.4, -0.2) is 65.9 Å². The molecule has 4 amide bonds. The summed E-state index contributed by atoms with van der Waals surface area (Å²) in [7, 11) is 1.08. The maximum Gasteiger partial charge on any atom is 0.413 e. The maximum absolute atomic E-state index is 12.6. The fourth-order valence-electron chi connectivity index (χ4n) is 2.46. The number of fused-ring (bicyclic) bond motifs is 1. The van der Waals surface area contributed by atoms with E-state index in [1.807, 2.05) is 5.32 Å². The number of methoxy groups -OCH3 is 1. The molecule has 9 nitrogen and oxygen atoms in total. The molecular weight excluding hydrogens is 376 g/mol. The lowest BCUT2D eigenvalue weighted by Gasteiger charge is -2.25. The van der Waals surface area contributed by atoms with Crippen LogP contribution in [0.4, 0.5) is 4.79 Å². The summed E-state index contributed by atoms with van der Waals surface area (Å²) in [6.07, 6.45) is -0.619. The number of hydrogen-bond acceptors (Lipinski definition) is 8. The van der Waals surface area contributed by atoms with Crippen LogP contribution in [0.2, 0.25) is 0 Å². The molecule has 0 spiro atoms. The van der Waals surface area contributed by atoms with Gasteiger partial charge in [-0.15, -0.1) is 0 Å². The molecule has 2 rings (SSSR count). The van der Waals surface area contributed by atoms with Crippen LogP contribution in [-0.2, 0) is 19.1 Å². The normalized spacial score (nSPS) is 15.0. The number of rotatable bonds is 6. The minimum absolute atomic E-state index is 0.0929. The van der Waals surface area contributed by atoms with Crippen molar-refractivity contribution in [3.63, 3.8) is 0 Å². The molecule has 1 N–H and O–H groups in total. The smallest absolute Gasteiger partial charge is 0.413 e. The predicted octanol–water partition coefficient (Wildman–Crippen LogP) is 0.828. The Morgan fingerprint density at radius 1 is 1.15 bits per heavy atom. The van der Waals surface area contributed by atoms with Gasteiger partial charge >= 0.3 is 12.1 Å². The van der Waals surface area contributed by atoms with Gasteiger partial charge in [0.05, 0.1) is 18.2 Å². The molecule has 10 heteroatoms. The summed E-state index contributed by atoms with van der Waals surface area (Å²) in [5.41, 5.74) is 0.413. The maximum atomic E-state index is 12.6. The minimum atomic E-state index is -1.32. The summed E-state index contributed by atoms with van der Waals surface area (Å²) in [5, 5.41) is 1.88. The van der Waals surface area contributed by atoms with E-state index in [-0.39, 0.29) is 16.9 Å². The second kappa shape index (κ2) is 8.67. The molecule has 144 valence electrons. The van der Waals surface area contributed by atoms with Gasteiger partial charge in [-0.25, -0.2) is 9.59 Å². The number of thioether (sulfide) groups is 1. The third-order valence-corrected chi connectivity index (χ3v) is 4.46. The Morgan fingerprint density at radius 3 is 2.19 bits per heavy atom. The van der Waals surface area contributed by atoms with E-state index in [1.54, 1.807) is 18.4 Å². The van der Waals surface area contributed by atoms with Gasteiger partial charge in [-0.05, 0) is 25.3 Å². The standard InChI is InChI=1S/C17H18N2O7S/c1-9(13(20)18-17(24)25-2)26-16(23)12(8-27-3)19-14(21)10-6-4-5-7-11(10)15(19)22/h4-7,9,12H,8H2,1-3H3,(H,18,20,24)/t9-,12+/m0/s1. The Kier molecular flexibility index (Phi) is 6.56. The average molecular weight is 394 g/mol. The van der Waals surface area contributed by atoms with Crippen molar-refractivity contribution in [3.8, 4) is 0 Å². The molecule has 0 radical (unpaired) electrons. The van der Waals surface area contributed by atoms with Crippen LogP contribution >= 0.6 is 11.8 Å². The minimum Gasteiger partial charge on any atom is -0.453 e. The van der Waals surface area contributed by atoms with Gasteiger partial charge < -0.3 is 9.47 Å². The first-order chi connectivity index (χ1) is 12.8. The highest BCUT2D eigenvalue weighted by atomic mass is 32.2. The number of imide groups is 2.